The van der Waals surface area contributed by atoms with Crippen LogP contribution in [0.4, 0.5) is 5.69 Å². The average Bonchev–Trinajstić information content (AvgIpc) is 2.16. The van der Waals surface area contributed by atoms with E-state index in [0.717, 1.165) is 16.3 Å². The molecule has 0 heterocycles. The first-order valence-corrected chi connectivity index (χ1v) is 5.42. The lowest BCUT2D eigenvalue weighted by Crippen LogP contribution is -2.07. The summed E-state index contributed by atoms with van der Waals surface area (Å²) in [6.07, 6.45) is 0. The van der Waals surface area contributed by atoms with Crippen LogP contribution in [0.5, 0.6) is 0 Å². The first-order valence-electron chi connectivity index (χ1n) is 4.43. The summed E-state index contributed by atoms with van der Waals surface area (Å²) >= 11 is 1.65. The second-order valence-corrected chi connectivity index (χ2v) is 3.95. The first kappa shape index (κ1) is 14.3. The molecule has 84 valence electrons. The minimum absolute atomic E-state index is 0. The van der Waals surface area contributed by atoms with Crippen molar-refractivity contribution < 1.29 is 4.79 Å². The van der Waals surface area contributed by atoms with Gasteiger partial charge in [-0.3, -0.25) is 4.79 Å². The van der Waals surface area contributed by atoms with Crippen LogP contribution in [0.2, 0.25) is 0 Å². The molecule has 0 bridgehead atoms. The fourth-order valence-electron chi connectivity index (χ4n) is 1.05. The Balaban J connectivity index is 0.00000196. The molecule has 1 rings (SSSR count). The van der Waals surface area contributed by atoms with Crippen molar-refractivity contribution in [1.29, 1.82) is 0 Å². The van der Waals surface area contributed by atoms with Crippen LogP contribution in [-0.4, -0.2) is 18.2 Å². The summed E-state index contributed by atoms with van der Waals surface area (Å²) in [4.78, 5) is 12.0. The van der Waals surface area contributed by atoms with Crippen molar-refractivity contribution in [1.82, 2.24) is 0 Å². The minimum Gasteiger partial charge on any atom is -0.330 e. The highest BCUT2D eigenvalue weighted by atomic mass is 35.5. The zero-order valence-corrected chi connectivity index (χ0v) is 10.2. The summed E-state index contributed by atoms with van der Waals surface area (Å²) in [6.45, 7) is 2.14. The smallest absolute Gasteiger partial charge is 0.221 e. The van der Waals surface area contributed by atoms with Crippen LogP contribution in [0.25, 0.3) is 0 Å². The van der Waals surface area contributed by atoms with Crippen LogP contribution < -0.4 is 11.1 Å². The number of halogens is 1. The number of nitrogens with two attached hydrogens (primary N) is 1. The number of hydrogen-bond donors (Lipinski definition) is 2. The molecule has 0 spiro atoms. The number of carbonyl (C=O) groups is 1. The molecule has 5 heteroatoms. The normalized spacial score (nSPS) is 9.20. The molecule has 0 aromatic heterocycles. The van der Waals surface area contributed by atoms with Crippen LogP contribution in [0.3, 0.4) is 0 Å². The van der Waals surface area contributed by atoms with E-state index in [9.17, 15) is 4.79 Å². The maximum Gasteiger partial charge on any atom is 0.221 e. The van der Waals surface area contributed by atoms with Crippen LogP contribution >= 0.6 is 24.2 Å². The summed E-state index contributed by atoms with van der Waals surface area (Å²) in [5.74, 6) is 0.808. The van der Waals surface area contributed by atoms with Gasteiger partial charge in [-0.25, -0.2) is 0 Å². The number of para-hydroxylation sites is 1. The average molecular weight is 247 g/mol. The fraction of sp³-hybridized carbons (Fsp3) is 0.300. The third kappa shape index (κ3) is 5.06. The van der Waals surface area contributed by atoms with Crippen molar-refractivity contribution in [3.63, 3.8) is 0 Å². The van der Waals surface area contributed by atoms with E-state index >= 15 is 0 Å². The monoisotopic (exact) mass is 246 g/mol. The summed E-state index contributed by atoms with van der Waals surface area (Å²) in [7, 11) is 0. The highest BCUT2D eigenvalue weighted by Crippen LogP contribution is 2.26. The van der Waals surface area contributed by atoms with Crippen molar-refractivity contribution in [3.8, 4) is 0 Å². The SMILES string of the molecule is CC(=O)Nc1ccccc1SCCN.Cl. The van der Waals surface area contributed by atoms with E-state index in [4.69, 9.17) is 5.73 Å². The lowest BCUT2D eigenvalue weighted by atomic mass is 10.3. The van der Waals surface area contributed by atoms with Gasteiger partial charge < -0.3 is 11.1 Å². The highest BCUT2D eigenvalue weighted by molar-refractivity contribution is 7.99. The topological polar surface area (TPSA) is 55.1 Å². The van der Waals surface area contributed by atoms with Gasteiger partial charge in [-0.2, -0.15) is 0 Å². The van der Waals surface area contributed by atoms with E-state index < -0.39 is 0 Å². The van der Waals surface area contributed by atoms with E-state index in [0.29, 0.717) is 6.54 Å². The summed E-state index contributed by atoms with van der Waals surface area (Å²) in [5.41, 5.74) is 6.28. The van der Waals surface area contributed by atoms with Crippen molar-refractivity contribution in [2.75, 3.05) is 17.6 Å². The van der Waals surface area contributed by atoms with Crippen molar-refractivity contribution in [3.05, 3.63) is 24.3 Å². The first-order chi connectivity index (χ1) is 6.74. The molecule has 0 fully saturated rings. The number of rotatable bonds is 4. The largest absolute Gasteiger partial charge is 0.330 e. The maximum absolute atomic E-state index is 10.9. The zero-order chi connectivity index (χ0) is 10.4. The Hall–Kier alpha value is -0.710. The van der Waals surface area contributed by atoms with E-state index in [1.54, 1.807) is 11.8 Å². The molecule has 3 nitrogen and oxygen atoms in total. The Labute approximate surface area is 100 Å². The third-order valence-corrected chi connectivity index (χ3v) is 2.68. The number of hydrogen-bond acceptors (Lipinski definition) is 3. The zero-order valence-electron chi connectivity index (χ0n) is 8.53. The standard InChI is InChI=1S/C10H14N2OS.ClH/c1-8(13)12-9-4-2-3-5-10(9)14-7-6-11;/h2-5H,6-7,11H2,1H3,(H,12,13);1H. The quantitative estimate of drug-likeness (QED) is 0.801. The van der Waals surface area contributed by atoms with E-state index in [1.165, 1.54) is 6.92 Å². The van der Waals surface area contributed by atoms with Gasteiger partial charge in [0.25, 0.3) is 0 Å². The lowest BCUT2D eigenvalue weighted by molar-refractivity contribution is -0.114. The second-order valence-electron chi connectivity index (χ2n) is 2.81. The van der Waals surface area contributed by atoms with E-state index in [1.807, 2.05) is 24.3 Å². The molecule has 0 radical (unpaired) electrons. The number of amides is 1. The summed E-state index contributed by atoms with van der Waals surface area (Å²) < 4.78 is 0. The van der Waals surface area contributed by atoms with Gasteiger partial charge in [-0.05, 0) is 12.1 Å². The molecule has 0 aliphatic carbocycles. The van der Waals surface area contributed by atoms with Gasteiger partial charge in [0.1, 0.15) is 0 Å². The predicted octanol–water partition coefficient (Wildman–Crippen LogP) is 2.12. The molecule has 1 amide bonds. The molecule has 15 heavy (non-hydrogen) atoms. The Morgan fingerprint density at radius 1 is 1.47 bits per heavy atom. The van der Waals surface area contributed by atoms with Gasteiger partial charge in [0, 0.05) is 24.1 Å². The number of benzene rings is 1. The molecule has 0 aliphatic rings. The van der Waals surface area contributed by atoms with Crippen LogP contribution in [0.15, 0.2) is 29.2 Å². The van der Waals surface area contributed by atoms with Gasteiger partial charge in [-0.15, -0.1) is 24.2 Å². The molecule has 0 aliphatic heterocycles. The van der Waals surface area contributed by atoms with E-state index in [2.05, 4.69) is 5.32 Å². The van der Waals surface area contributed by atoms with Crippen molar-refractivity contribution in [2.45, 2.75) is 11.8 Å². The summed E-state index contributed by atoms with van der Waals surface area (Å²) in [6, 6.07) is 7.72. The molecule has 1 aromatic carbocycles. The Morgan fingerprint density at radius 2 is 2.13 bits per heavy atom. The lowest BCUT2D eigenvalue weighted by Gasteiger charge is -2.08. The Bertz CT molecular complexity index is 320. The molecule has 0 atom stereocenters. The van der Waals surface area contributed by atoms with Crippen LogP contribution in [-0.2, 0) is 4.79 Å². The van der Waals surface area contributed by atoms with Gasteiger partial charge in [-0.1, -0.05) is 12.1 Å². The van der Waals surface area contributed by atoms with Crippen LogP contribution in [0, 0.1) is 0 Å². The predicted molar refractivity (Wildman–Crippen MR) is 67.8 cm³/mol. The molecule has 0 unspecified atom stereocenters. The van der Waals surface area contributed by atoms with Gasteiger partial charge in [0.2, 0.25) is 5.91 Å². The molecule has 3 N–H and O–H groups in total. The Morgan fingerprint density at radius 3 is 2.73 bits per heavy atom. The fourth-order valence-corrected chi connectivity index (χ4v) is 1.84. The summed E-state index contributed by atoms with van der Waals surface area (Å²) in [5, 5.41) is 2.78. The Kier molecular flexibility index (Phi) is 7.21. The molecule has 0 saturated heterocycles. The molecular formula is C10H15ClN2OS. The number of nitrogens with one attached hydrogen (secondary N) is 1. The van der Waals surface area contributed by atoms with Gasteiger partial charge in [0.15, 0.2) is 0 Å². The van der Waals surface area contributed by atoms with Gasteiger partial charge in [0.05, 0.1) is 5.69 Å². The van der Waals surface area contributed by atoms with E-state index in [-0.39, 0.29) is 18.3 Å². The maximum atomic E-state index is 10.9. The third-order valence-electron chi connectivity index (χ3n) is 1.57. The van der Waals surface area contributed by atoms with Crippen molar-refractivity contribution >= 4 is 35.8 Å². The van der Waals surface area contributed by atoms with Gasteiger partial charge >= 0.3 is 0 Å². The minimum atomic E-state index is -0.0502. The number of anilines is 1. The number of carbonyl (C=O) groups excluding carboxylic acids is 1. The second kappa shape index (κ2) is 7.56. The van der Waals surface area contributed by atoms with Crippen molar-refractivity contribution in [2.24, 2.45) is 5.73 Å². The molecule has 0 saturated carbocycles. The molecular weight excluding hydrogens is 232 g/mol. The number of thioether (sulfide) groups is 1. The van der Waals surface area contributed by atoms with Crippen LogP contribution in [0.1, 0.15) is 6.92 Å². The molecule has 1 aromatic rings. The highest BCUT2D eigenvalue weighted by Gasteiger charge is 2.02.